The minimum Gasteiger partial charge on any atom is -0.461 e. The van der Waals surface area contributed by atoms with Gasteiger partial charge < -0.3 is 10.5 Å². The number of carbonyl (C=O) groups excluding carboxylic acids is 1. The monoisotopic (exact) mass is 279 g/mol. The first-order valence-corrected chi connectivity index (χ1v) is 4.89. The lowest BCUT2D eigenvalue weighted by Gasteiger charge is -2.05. The Morgan fingerprint density at radius 1 is 1.64 bits per heavy atom. The molecule has 0 bridgehead atoms. The molecule has 0 aliphatic carbocycles. The Kier molecular flexibility index (Phi) is 3.65. The SMILES string of the molecule is CCOC(=O)c1nnc(Cl)c(Br)c1N. The number of carbonyl (C=O) groups is 1. The second-order valence-electron chi connectivity index (χ2n) is 2.29. The largest absolute Gasteiger partial charge is 0.461 e. The molecule has 0 aliphatic rings. The standard InChI is InChI=1S/C7H7BrClN3O2/c1-2-14-7(13)5-4(10)3(8)6(9)12-11-5/h2H2,1H3,(H2,10,12). The molecule has 1 rings (SSSR count). The van der Waals surface area contributed by atoms with Crippen LogP contribution in [0.5, 0.6) is 0 Å². The van der Waals surface area contributed by atoms with Gasteiger partial charge in [0.1, 0.15) is 0 Å². The van der Waals surface area contributed by atoms with E-state index in [1.165, 1.54) is 0 Å². The fourth-order valence-electron chi connectivity index (χ4n) is 0.757. The van der Waals surface area contributed by atoms with Crippen molar-refractivity contribution in [1.29, 1.82) is 0 Å². The summed E-state index contributed by atoms with van der Waals surface area (Å²) in [5, 5.41) is 7.18. The van der Waals surface area contributed by atoms with Crippen LogP contribution in [-0.4, -0.2) is 22.8 Å². The molecule has 0 saturated carbocycles. The summed E-state index contributed by atoms with van der Waals surface area (Å²) in [6.45, 7) is 1.94. The summed E-state index contributed by atoms with van der Waals surface area (Å²) in [6.07, 6.45) is 0. The van der Waals surface area contributed by atoms with Gasteiger partial charge in [0.25, 0.3) is 0 Å². The number of halogens is 2. The minimum atomic E-state index is -0.616. The Labute approximate surface area is 93.7 Å². The van der Waals surface area contributed by atoms with E-state index in [1.807, 2.05) is 0 Å². The quantitative estimate of drug-likeness (QED) is 0.833. The third-order valence-corrected chi connectivity index (χ3v) is 2.67. The maximum atomic E-state index is 11.3. The first kappa shape index (κ1) is 11.2. The lowest BCUT2D eigenvalue weighted by Crippen LogP contribution is -2.12. The van der Waals surface area contributed by atoms with E-state index in [4.69, 9.17) is 22.1 Å². The summed E-state index contributed by atoms with van der Waals surface area (Å²) in [4.78, 5) is 11.3. The Morgan fingerprint density at radius 3 is 2.86 bits per heavy atom. The molecule has 0 radical (unpaired) electrons. The number of nitrogen functional groups attached to an aromatic ring is 1. The van der Waals surface area contributed by atoms with Gasteiger partial charge in [0.15, 0.2) is 10.8 Å². The van der Waals surface area contributed by atoms with Crippen molar-refractivity contribution < 1.29 is 9.53 Å². The van der Waals surface area contributed by atoms with Gasteiger partial charge >= 0.3 is 5.97 Å². The number of hydrogen-bond donors (Lipinski definition) is 1. The number of nitrogens with zero attached hydrogens (tertiary/aromatic N) is 2. The van der Waals surface area contributed by atoms with Crippen LogP contribution in [0.15, 0.2) is 4.47 Å². The number of anilines is 1. The zero-order valence-corrected chi connectivity index (χ0v) is 9.59. The number of esters is 1. The van der Waals surface area contributed by atoms with Crippen molar-refractivity contribution in [2.24, 2.45) is 0 Å². The Morgan fingerprint density at radius 2 is 2.29 bits per heavy atom. The highest BCUT2D eigenvalue weighted by atomic mass is 79.9. The average molecular weight is 281 g/mol. The highest BCUT2D eigenvalue weighted by Crippen LogP contribution is 2.27. The van der Waals surface area contributed by atoms with Crippen LogP contribution in [0.4, 0.5) is 5.69 Å². The summed E-state index contributed by atoms with van der Waals surface area (Å²) in [5.41, 5.74) is 5.67. The fraction of sp³-hybridized carbons (Fsp3) is 0.286. The van der Waals surface area contributed by atoms with Crippen molar-refractivity contribution in [3.63, 3.8) is 0 Å². The predicted molar refractivity (Wildman–Crippen MR) is 55.1 cm³/mol. The van der Waals surface area contributed by atoms with Crippen LogP contribution in [-0.2, 0) is 4.74 Å². The van der Waals surface area contributed by atoms with Gasteiger partial charge in [-0.05, 0) is 22.9 Å². The second kappa shape index (κ2) is 4.56. The van der Waals surface area contributed by atoms with Crippen LogP contribution in [0.2, 0.25) is 5.15 Å². The van der Waals surface area contributed by atoms with Crippen molar-refractivity contribution in [3.05, 3.63) is 15.3 Å². The molecule has 14 heavy (non-hydrogen) atoms. The fourth-order valence-corrected chi connectivity index (χ4v) is 1.16. The molecule has 76 valence electrons. The highest BCUT2D eigenvalue weighted by Gasteiger charge is 2.17. The van der Waals surface area contributed by atoms with E-state index in [0.29, 0.717) is 4.47 Å². The van der Waals surface area contributed by atoms with E-state index in [0.717, 1.165) is 0 Å². The van der Waals surface area contributed by atoms with E-state index >= 15 is 0 Å². The van der Waals surface area contributed by atoms with Crippen LogP contribution < -0.4 is 5.73 Å². The second-order valence-corrected chi connectivity index (χ2v) is 3.44. The van der Waals surface area contributed by atoms with E-state index in [9.17, 15) is 4.79 Å². The maximum Gasteiger partial charge on any atom is 0.361 e. The summed E-state index contributed by atoms with van der Waals surface area (Å²) in [5.74, 6) is -0.616. The van der Waals surface area contributed by atoms with Crippen LogP contribution in [0, 0.1) is 0 Å². The number of ether oxygens (including phenoxy) is 1. The highest BCUT2D eigenvalue weighted by molar-refractivity contribution is 9.10. The predicted octanol–water partition coefficient (Wildman–Crippen LogP) is 1.65. The van der Waals surface area contributed by atoms with Crippen LogP contribution >= 0.6 is 27.5 Å². The van der Waals surface area contributed by atoms with Gasteiger partial charge in [-0.3, -0.25) is 0 Å². The number of nitrogens with two attached hydrogens (primary N) is 1. The van der Waals surface area contributed by atoms with Crippen molar-refractivity contribution in [3.8, 4) is 0 Å². The normalized spacial score (nSPS) is 9.93. The third kappa shape index (κ3) is 2.13. The molecule has 1 aromatic rings. The molecule has 1 heterocycles. The molecule has 7 heteroatoms. The van der Waals surface area contributed by atoms with Gasteiger partial charge in [-0.15, -0.1) is 10.2 Å². The topological polar surface area (TPSA) is 78.1 Å². The zero-order chi connectivity index (χ0) is 10.7. The lowest BCUT2D eigenvalue weighted by atomic mass is 10.3. The number of rotatable bonds is 2. The van der Waals surface area contributed by atoms with E-state index in [1.54, 1.807) is 6.92 Å². The van der Waals surface area contributed by atoms with Gasteiger partial charge in [-0.1, -0.05) is 11.6 Å². The molecule has 0 saturated heterocycles. The molecule has 0 aromatic carbocycles. The Hall–Kier alpha value is -0.880. The summed E-state index contributed by atoms with van der Waals surface area (Å²) >= 11 is 8.70. The third-order valence-electron chi connectivity index (χ3n) is 1.38. The van der Waals surface area contributed by atoms with Crippen LogP contribution in [0.25, 0.3) is 0 Å². The average Bonchev–Trinajstić information content (AvgIpc) is 2.15. The molecule has 1 aromatic heterocycles. The van der Waals surface area contributed by atoms with Crippen molar-refractivity contribution in [2.45, 2.75) is 6.92 Å². The summed E-state index contributed by atoms with van der Waals surface area (Å²) in [6, 6.07) is 0. The summed E-state index contributed by atoms with van der Waals surface area (Å²) in [7, 11) is 0. The molecule has 5 nitrogen and oxygen atoms in total. The Bertz CT molecular complexity index is 372. The zero-order valence-electron chi connectivity index (χ0n) is 7.25. The van der Waals surface area contributed by atoms with Crippen molar-refractivity contribution >= 4 is 39.2 Å². The number of aromatic nitrogens is 2. The molecular weight excluding hydrogens is 273 g/mol. The minimum absolute atomic E-state index is 0.0388. The van der Waals surface area contributed by atoms with Gasteiger partial charge in [0.2, 0.25) is 0 Å². The van der Waals surface area contributed by atoms with Gasteiger partial charge in [0, 0.05) is 0 Å². The number of hydrogen-bond acceptors (Lipinski definition) is 5. The first-order valence-electron chi connectivity index (χ1n) is 3.72. The van der Waals surface area contributed by atoms with Crippen molar-refractivity contribution in [1.82, 2.24) is 10.2 Å². The van der Waals surface area contributed by atoms with Gasteiger partial charge in [0.05, 0.1) is 16.8 Å². The van der Waals surface area contributed by atoms with E-state index in [-0.39, 0.29) is 23.1 Å². The Balaban J connectivity index is 3.11. The smallest absolute Gasteiger partial charge is 0.361 e. The van der Waals surface area contributed by atoms with Crippen LogP contribution in [0.3, 0.4) is 0 Å². The maximum absolute atomic E-state index is 11.3. The molecular formula is C7H7BrClN3O2. The summed E-state index contributed by atoms with van der Waals surface area (Å²) < 4.78 is 5.06. The molecule has 0 amide bonds. The molecule has 0 atom stereocenters. The van der Waals surface area contributed by atoms with Crippen LogP contribution in [0.1, 0.15) is 17.4 Å². The van der Waals surface area contributed by atoms with Gasteiger partial charge in [-0.25, -0.2) is 4.79 Å². The molecule has 0 unspecified atom stereocenters. The molecule has 2 N–H and O–H groups in total. The first-order chi connectivity index (χ1) is 6.57. The molecule has 0 aliphatic heterocycles. The van der Waals surface area contributed by atoms with Crippen molar-refractivity contribution in [2.75, 3.05) is 12.3 Å². The van der Waals surface area contributed by atoms with E-state index in [2.05, 4.69) is 26.1 Å². The molecule has 0 spiro atoms. The lowest BCUT2D eigenvalue weighted by molar-refractivity contribution is 0.0519. The van der Waals surface area contributed by atoms with E-state index < -0.39 is 5.97 Å². The van der Waals surface area contributed by atoms with Gasteiger partial charge in [-0.2, -0.15) is 0 Å². The molecule has 0 fully saturated rings.